The molecular formula is C21H26N4O2S2. The van der Waals surface area contributed by atoms with Crippen molar-refractivity contribution >= 4 is 51.7 Å². The summed E-state index contributed by atoms with van der Waals surface area (Å²) in [5, 5.41) is 3.22. The van der Waals surface area contributed by atoms with Crippen molar-refractivity contribution in [2.75, 3.05) is 18.4 Å². The Balaban J connectivity index is 1.94. The molecule has 1 saturated heterocycles. The van der Waals surface area contributed by atoms with E-state index in [0.717, 1.165) is 32.1 Å². The van der Waals surface area contributed by atoms with Gasteiger partial charge in [0, 0.05) is 19.3 Å². The van der Waals surface area contributed by atoms with Gasteiger partial charge in [0.25, 0.3) is 11.5 Å². The number of aromatic nitrogens is 2. The van der Waals surface area contributed by atoms with Crippen LogP contribution in [0.1, 0.15) is 51.5 Å². The first-order valence-electron chi connectivity index (χ1n) is 10.1. The van der Waals surface area contributed by atoms with Crippen LogP contribution < -0.4 is 10.9 Å². The topological polar surface area (TPSA) is 66.7 Å². The van der Waals surface area contributed by atoms with E-state index in [0.29, 0.717) is 39.3 Å². The Bertz CT molecular complexity index is 1000. The Morgan fingerprint density at radius 3 is 2.76 bits per heavy atom. The summed E-state index contributed by atoms with van der Waals surface area (Å²) in [6.45, 7) is 5.51. The summed E-state index contributed by atoms with van der Waals surface area (Å²) < 4.78 is 2.05. The number of nitrogens with one attached hydrogen (secondary N) is 1. The molecule has 29 heavy (non-hydrogen) atoms. The standard InChI is InChI=1S/C21H26N4O2S2/c1-3-5-6-8-13-25-20(27)16(29-21(25)28)14-15-18(22-11-4-2)23-17-10-7-9-12-24(17)19(15)26/h7,9-10,12,14,22H,3-6,8,11,13H2,1-2H3/b16-14+. The molecule has 0 aromatic carbocycles. The highest BCUT2D eigenvalue weighted by atomic mass is 32.2. The summed E-state index contributed by atoms with van der Waals surface area (Å²) in [7, 11) is 0. The molecule has 0 radical (unpaired) electrons. The fraction of sp³-hybridized carbons (Fsp3) is 0.429. The van der Waals surface area contributed by atoms with Gasteiger partial charge in [-0.1, -0.05) is 63.2 Å². The van der Waals surface area contributed by atoms with E-state index in [1.54, 1.807) is 29.3 Å². The number of rotatable bonds is 9. The van der Waals surface area contributed by atoms with Crippen LogP contribution in [0.15, 0.2) is 34.1 Å². The van der Waals surface area contributed by atoms with Gasteiger partial charge >= 0.3 is 0 Å². The van der Waals surface area contributed by atoms with E-state index in [1.807, 2.05) is 13.0 Å². The summed E-state index contributed by atoms with van der Waals surface area (Å²) in [6.07, 6.45) is 8.52. The van der Waals surface area contributed by atoms with E-state index < -0.39 is 0 Å². The molecule has 0 bridgehead atoms. The summed E-state index contributed by atoms with van der Waals surface area (Å²) in [5.41, 5.74) is 0.743. The van der Waals surface area contributed by atoms with Gasteiger partial charge in [0.2, 0.25) is 0 Å². The van der Waals surface area contributed by atoms with E-state index in [2.05, 4.69) is 17.2 Å². The van der Waals surface area contributed by atoms with Crippen molar-refractivity contribution < 1.29 is 4.79 Å². The largest absolute Gasteiger partial charge is 0.369 e. The molecule has 3 rings (SSSR count). The lowest BCUT2D eigenvalue weighted by Gasteiger charge is -2.14. The number of thiocarbonyl (C=S) groups is 1. The first-order chi connectivity index (χ1) is 14.1. The minimum Gasteiger partial charge on any atom is -0.369 e. The van der Waals surface area contributed by atoms with Crippen LogP contribution in [-0.4, -0.2) is 37.6 Å². The number of amides is 1. The number of anilines is 1. The van der Waals surface area contributed by atoms with E-state index >= 15 is 0 Å². The second-order valence-electron chi connectivity index (χ2n) is 6.93. The van der Waals surface area contributed by atoms with Crippen molar-refractivity contribution in [2.45, 2.75) is 46.0 Å². The lowest BCUT2D eigenvalue weighted by Crippen LogP contribution is -2.29. The zero-order chi connectivity index (χ0) is 20.8. The van der Waals surface area contributed by atoms with Gasteiger partial charge in [-0.05, 0) is 31.1 Å². The summed E-state index contributed by atoms with van der Waals surface area (Å²) in [5.74, 6) is 0.367. The number of carbonyl (C=O) groups is 1. The number of carbonyl (C=O) groups excluding carboxylic acids is 1. The Labute approximate surface area is 180 Å². The Morgan fingerprint density at radius 2 is 2.00 bits per heavy atom. The number of thioether (sulfide) groups is 1. The van der Waals surface area contributed by atoms with Gasteiger partial charge in [-0.25, -0.2) is 4.98 Å². The predicted molar refractivity (Wildman–Crippen MR) is 124 cm³/mol. The maximum absolute atomic E-state index is 13.1. The normalized spacial score (nSPS) is 15.7. The zero-order valence-corrected chi connectivity index (χ0v) is 18.4. The number of hydrogen-bond donors (Lipinski definition) is 1. The summed E-state index contributed by atoms with van der Waals surface area (Å²) in [4.78, 5) is 32.7. The minimum atomic E-state index is -0.206. The van der Waals surface area contributed by atoms with Crippen LogP contribution in [0.2, 0.25) is 0 Å². The van der Waals surface area contributed by atoms with Crippen LogP contribution in [0.4, 0.5) is 5.82 Å². The zero-order valence-electron chi connectivity index (χ0n) is 16.8. The molecule has 3 heterocycles. The highest BCUT2D eigenvalue weighted by Crippen LogP contribution is 2.33. The third-order valence-electron chi connectivity index (χ3n) is 4.70. The average Bonchev–Trinajstić information content (AvgIpc) is 2.99. The summed E-state index contributed by atoms with van der Waals surface area (Å²) in [6, 6.07) is 5.42. The van der Waals surface area contributed by atoms with Crippen molar-refractivity contribution in [3.63, 3.8) is 0 Å². The van der Waals surface area contributed by atoms with Gasteiger partial charge in [0.05, 0.1) is 10.5 Å². The number of hydrogen-bond acceptors (Lipinski definition) is 6. The molecule has 1 aliphatic rings. The third kappa shape index (κ3) is 4.87. The Kier molecular flexibility index (Phi) is 7.44. The SMILES string of the molecule is CCCCCCN1C(=O)/C(=C\c2c(NCCC)nc3ccccn3c2=O)SC1=S. The van der Waals surface area contributed by atoms with Crippen LogP contribution in [0.5, 0.6) is 0 Å². The van der Waals surface area contributed by atoms with Crippen molar-refractivity contribution in [3.8, 4) is 0 Å². The molecule has 2 aromatic rings. The van der Waals surface area contributed by atoms with Gasteiger partial charge in [0.15, 0.2) is 0 Å². The fourth-order valence-corrected chi connectivity index (χ4v) is 4.42. The molecule has 2 aromatic heterocycles. The van der Waals surface area contributed by atoms with Crippen molar-refractivity contribution in [1.29, 1.82) is 0 Å². The first-order valence-corrected chi connectivity index (χ1v) is 11.3. The molecule has 0 aliphatic carbocycles. The van der Waals surface area contributed by atoms with E-state index in [4.69, 9.17) is 12.2 Å². The minimum absolute atomic E-state index is 0.129. The smallest absolute Gasteiger partial charge is 0.267 e. The monoisotopic (exact) mass is 430 g/mol. The molecule has 0 unspecified atom stereocenters. The molecule has 1 amide bonds. The van der Waals surface area contributed by atoms with Crippen LogP contribution in [0.25, 0.3) is 11.7 Å². The number of pyridine rings is 1. The lowest BCUT2D eigenvalue weighted by molar-refractivity contribution is -0.122. The molecule has 0 atom stereocenters. The molecule has 1 aliphatic heterocycles. The van der Waals surface area contributed by atoms with Crippen LogP contribution in [0.3, 0.4) is 0 Å². The quantitative estimate of drug-likeness (QED) is 0.364. The maximum Gasteiger partial charge on any atom is 0.267 e. The molecule has 8 heteroatoms. The lowest BCUT2D eigenvalue weighted by atomic mass is 10.2. The molecule has 1 N–H and O–H groups in total. The Morgan fingerprint density at radius 1 is 1.17 bits per heavy atom. The maximum atomic E-state index is 13.1. The van der Waals surface area contributed by atoms with Gasteiger partial charge in [-0.15, -0.1) is 0 Å². The number of fused-ring (bicyclic) bond motifs is 1. The highest BCUT2D eigenvalue weighted by molar-refractivity contribution is 8.26. The van der Waals surface area contributed by atoms with E-state index in [1.165, 1.54) is 16.2 Å². The van der Waals surface area contributed by atoms with Gasteiger partial charge in [-0.3, -0.25) is 18.9 Å². The number of nitrogens with zero attached hydrogens (tertiary/aromatic N) is 3. The third-order valence-corrected chi connectivity index (χ3v) is 6.07. The van der Waals surface area contributed by atoms with Gasteiger partial charge in [0.1, 0.15) is 15.8 Å². The van der Waals surface area contributed by atoms with Crippen LogP contribution in [0, 0.1) is 0 Å². The molecule has 0 saturated carbocycles. The fourth-order valence-electron chi connectivity index (χ4n) is 3.13. The van der Waals surface area contributed by atoms with Gasteiger partial charge in [-0.2, -0.15) is 0 Å². The van der Waals surface area contributed by atoms with Gasteiger partial charge < -0.3 is 5.32 Å². The second kappa shape index (κ2) is 10.0. The first kappa shape index (κ1) is 21.5. The average molecular weight is 431 g/mol. The molecule has 0 spiro atoms. The van der Waals surface area contributed by atoms with E-state index in [9.17, 15) is 9.59 Å². The molecular weight excluding hydrogens is 404 g/mol. The van der Waals surface area contributed by atoms with Crippen molar-refractivity contribution in [2.24, 2.45) is 0 Å². The molecule has 1 fully saturated rings. The molecule has 154 valence electrons. The second-order valence-corrected chi connectivity index (χ2v) is 8.60. The van der Waals surface area contributed by atoms with Crippen molar-refractivity contribution in [1.82, 2.24) is 14.3 Å². The highest BCUT2D eigenvalue weighted by Gasteiger charge is 2.32. The predicted octanol–water partition coefficient (Wildman–Crippen LogP) is 4.30. The van der Waals surface area contributed by atoms with Crippen LogP contribution >= 0.6 is 24.0 Å². The van der Waals surface area contributed by atoms with E-state index in [-0.39, 0.29) is 11.5 Å². The molecule has 6 nitrogen and oxygen atoms in total. The van der Waals surface area contributed by atoms with Crippen molar-refractivity contribution in [3.05, 3.63) is 45.2 Å². The number of unbranched alkanes of at least 4 members (excludes halogenated alkanes) is 3. The van der Waals surface area contributed by atoms with Crippen LogP contribution in [-0.2, 0) is 4.79 Å². The Hall–Kier alpha value is -2.19. The summed E-state index contributed by atoms with van der Waals surface area (Å²) >= 11 is 6.67.